The Kier molecular flexibility index (Phi) is 4.26. The largest absolute Gasteiger partial charge is 0.434 e. The number of ether oxygens (including phenoxy) is 1. The zero-order chi connectivity index (χ0) is 12.3. The number of aryl methyl sites for hydroxylation is 1. The molecule has 2 nitrogen and oxygen atoms in total. The predicted molar refractivity (Wildman–Crippen MR) is 60.8 cm³/mol. The number of rotatable bonds is 4. The molecule has 1 rings (SSSR count). The molecular formula is C11H12ClF2NO. The molecule has 1 aromatic carbocycles. The number of halogens is 3. The molecule has 1 aromatic rings. The van der Waals surface area contributed by atoms with E-state index in [2.05, 4.69) is 11.3 Å². The molecule has 0 saturated heterocycles. The fourth-order valence-corrected chi connectivity index (χ4v) is 1.87. The second-order valence-corrected chi connectivity index (χ2v) is 3.59. The molecule has 0 radical (unpaired) electrons. The van der Waals surface area contributed by atoms with E-state index in [-0.39, 0.29) is 12.3 Å². The van der Waals surface area contributed by atoms with Crippen molar-refractivity contribution in [2.75, 3.05) is 0 Å². The molecule has 0 aliphatic rings. The van der Waals surface area contributed by atoms with E-state index in [1.807, 2.05) is 0 Å². The van der Waals surface area contributed by atoms with E-state index in [0.717, 1.165) is 0 Å². The van der Waals surface area contributed by atoms with Crippen LogP contribution in [-0.4, -0.2) is 6.61 Å². The van der Waals surface area contributed by atoms with Gasteiger partial charge in [-0.25, -0.2) is 0 Å². The fraction of sp³-hybridized carbons (Fsp3) is 0.273. The topological polar surface area (TPSA) is 35.2 Å². The van der Waals surface area contributed by atoms with Gasteiger partial charge in [0.05, 0.1) is 0 Å². The highest BCUT2D eigenvalue weighted by atomic mass is 35.5. The van der Waals surface area contributed by atoms with E-state index in [1.54, 1.807) is 13.0 Å². The molecule has 0 atom stereocenters. The molecule has 0 saturated carbocycles. The van der Waals surface area contributed by atoms with Gasteiger partial charge in [-0.05, 0) is 18.6 Å². The van der Waals surface area contributed by atoms with E-state index in [0.29, 0.717) is 21.7 Å². The average molecular weight is 248 g/mol. The quantitative estimate of drug-likeness (QED) is 0.886. The van der Waals surface area contributed by atoms with Crippen molar-refractivity contribution < 1.29 is 13.5 Å². The zero-order valence-corrected chi connectivity index (χ0v) is 9.52. The third-order valence-corrected chi connectivity index (χ3v) is 2.49. The first-order chi connectivity index (χ1) is 7.51. The first-order valence-electron chi connectivity index (χ1n) is 4.60. The van der Waals surface area contributed by atoms with Gasteiger partial charge in [0.15, 0.2) is 0 Å². The van der Waals surface area contributed by atoms with E-state index >= 15 is 0 Å². The normalized spacial score (nSPS) is 10.6. The standard InChI is InChI=1S/C11H12ClF2NO/c1-3-7-8(5-15)10(16-11(13)14)6(2)4-9(7)12/h3-4,11H,1,5,15H2,2H3. The Balaban J connectivity index is 3.39. The van der Waals surface area contributed by atoms with Crippen LogP contribution >= 0.6 is 11.6 Å². The van der Waals surface area contributed by atoms with Crippen LogP contribution in [0.4, 0.5) is 8.78 Å². The molecule has 0 fully saturated rings. The highest BCUT2D eigenvalue weighted by Gasteiger charge is 2.16. The van der Waals surface area contributed by atoms with E-state index < -0.39 is 6.61 Å². The lowest BCUT2D eigenvalue weighted by molar-refractivity contribution is -0.0508. The lowest BCUT2D eigenvalue weighted by Gasteiger charge is -2.16. The number of nitrogens with two attached hydrogens (primary N) is 1. The van der Waals surface area contributed by atoms with Crippen LogP contribution in [0.5, 0.6) is 5.75 Å². The van der Waals surface area contributed by atoms with Crippen molar-refractivity contribution in [1.29, 1.82) is 0 Å². The summed E-state index contributed by atoms with van der Waals surface area (Å²) >= 11 is 5.95. The van der Waals surface area contributed by atoms with Crippen LogP contribution in [0.1, 0.15) is 16.7 Å². The minimum atomic E-state index is -2.89. The Morgan fingerprint density at radius 1 is 1.62 bits per heavy atom. The van der Waals surface area contributed by atoms with Crippen LogP contribution in [0.25, 0.3) is 6.08 Å². The number of hydrogen-bond acceptors (Lipinski definition) is 2. The maximum absolute atomic E-state index is 12.2. The highest BCUT2D eigenvalue weighted by molar-refractivity contribution is 6.32. The minimum Gasteiger partial charge on any atom is -0.434 e. The molecule has 0 heterocycles. The summed E-state index contributed by atoms with van der Waals surface area (Å²) in [7, 11) is 0. The minimum absolute atomic E-state index is 0.0603. The molecule has 0 amide bonds. The van der Waals surface area contributed by atoms with Gasteiger partial charge >= 0.3 is 6.61 Å². The summed E-state index contributed by atoms with van der Waals surface area (Å²) < 4.78 is 28.9. The van der Waals surface area contributed by atoms with Gasteiger partial charge in [-0.1, -0.05) is 24.3 Å². The SMILES string of the molecule is C=Cc1c(Cl)cc(C)c(OC(F)F)c1CN. The molecular weight excluding hydrogens is 236 g/mol. The first kappa shape index (κ1) is 12.9. The van der Waals surface area contributed by atoms with Crippen molar-refractivity contribution in [2.45, 2.75) is 20.1 Å². The van der Waals surface area contributed by atoms with Crippen LogP contribution < -0.4 is 10.5 Å². The summed E-state index contributed by atoms with van der Waals surface area (Å²) in [6.07, 6.45) is 1.47. The number of alkyl halides is 2. The molecule has 0 bridgehead atoms. The van der Waals surface area contributed by atoms with Gasteiger partial charge in [-0.15, -0.1) is 0 Å². The van der Waals surface area contributed by atoms with Crippen LogP contribution in [-0.2, 0) is 6.54 Å². The van der Waals surface area contributed by atoms with Gasteiger partial charge in [-0.3, -0.25) is 0 Å². The molecule has 0 unspecified atom stereocenters. The first-order valence-corrected chi connectivity index (χ1v) is 4.98. The highest BCUT2D eigenvalue weighted by Crippen LogP contribution is 2.34. The van der Waals surface area contributed by atoms with Crippen LogP contribution in [0.2, 0.25) is 5.02 Å². The summed E-state index contributed by atoms with van der Waals surface area (Å²) in [5.74, 6) is 0.0804. The predicted octanol–water partition coefficient (Wildman–Crippen LogP) is 3.35. The van der Waals surface area contributed by atoms with Gasteiger partial charge < -0.3 is 10.5 Å². The lowest BCUT2D eigenvalue weighted by Crippen LogP contribution is -2.10. The molecule has 5 heteroatoms. The van der Waals surface area contributed by atoms with Gasteiger partial charge in [0, 0.05) is 22.7 Å². The Bertz CT molecular complexity index is 407. The second-order valence-electron chi connectivity index (χ2n) is 3.18. The van der Waals surface area contributed by atoms with Crippen molar-refractivity contribution >= 4 is 17.7 Å². The average Bonchev–Trinajstić information content (AvgIpc) is 2.20. The lowest BCUT2D eigenvalue weighted by atomic mass is 10.0. The van der Waals surface area contributed by atoms with Crippen molar-refractivity contribution in [3.8, 4) is 5.75 Å². The maximum atomic E-state index is 12.2. The van der Waals surface area contributed by atoms with E-state index in [9.17, 15) is 8.78 Å². The summed E-state index contributed by atoms with van der Waals surface area (Å²) in [4.78, 5) is 0. The van der Waals surface area contributed by atoms with Crippen molar-refractivity contribution in [2.24, 2.45) is 5.73 Å². The fourth-order valence-electron chi connectivity index (χ4n) is 1.51. The Labute approximate surface area is 97.7 Å². The van der Waals surface area contributed by atoms with Gasteiger partial charge in [0.2, 0.25) is 0 Å². The second kappa shape index (κ2) is 5.27. The summed E-state index contributed by atoms with van der Waals surface area (Å²) in [6.45, 7) is 2.38. The molecule has 0 spiro atoms. The van der Waals surface area contributed by atoms with Crippen molar-refractivity contribution in [1.82, 2.24) is 0 Å². The molecule has 0 aromatic heterocycles. The Hall–Kier alpha value is -1.13. The van der Waals surface area contributed by atoms with E-state index in [1.165, 1.54) is 6.08 Å². The van der Waals surface area contributed by atoms with Crippen LogP contribution in [0, 0.1) is 6.92 Å². The van der Waals surface area contributed by atoms with Gasteiger partial charge in [0.25, 0.3) is 0 Å². The van der Waals surface area contributed by atoms with Crippen molar-refractivity contribution in [3.63, 3.8) is 0 Å². The van der Waals surface area contributed by atoms with Crippen LogP contribution in [0.15, 0.2) is 12.6 Å². The molecule has 88 valence electrons. The van der Waals surface area contributed by atoms with Crippen molar-refractivity contribution in [3.05, 3.63) is 34.4 Å². The van der Waals surface area contributed by atoms with Crippen LogP contribution in [0.3, 0.4) is 0 Å². The third-order valence-electron chi connectivity index (χ3n) is 2.17. The third kappa shape index (κ3) is 2.51. The summed E-state index contributed by atoms with van der Waals surface area (Å²) in [5.41, 5.74) is 7.01. The smallest absolute Gasteiger partial charge is 0.387 e. The zero-order valence-electron chi connectivity index (χ0n) is 8.77. The molecule has 0 aliphatic carbocycles. The van der Waals surface area contributed by atoms with Gasteiger partial charge in [-0.2, -0.15) is 8.78 Å². The monoisotopic (exact) mass is 247 g/mol. The van der Waals surface area contributed by atoms with Gasteiger partial charge in [0.1, 0.15) is 5.75 Å². The Morgan fingerprint density at radius 2 is 2.25 bits per heavy atom. The molecule has 0 aliphatic heterocycles. The molecule has 2 N–H and O–H groups in total. The molecule has 16 heavy (non-hydrogen) atoms. The Morgan fingerprint density at radius 3 is 2.69 bits per heavy atom. The summed E-state index contributed by atoms with van der Waals surface area (Å²) in [5, 5.41) is 0.426. The summed E-state index contributed by atoms with van der Waals surface area (Å²) in [6, 6.07) is 1.55. The number of hydrogen-bond donors (Lipinski definition) is 1. The van der Waals surface area contributed by atoms with E-state index in [4.69, 9.17) is 17.3 Å². The maximum Gasteiger partial charge on any atom is 0.387 e. The number of benzene rings is 1.